The molecule has 0 spiro atoms. The summed E-state index contributed by atoms with van der Waals surface area (Å²) in [6.45, 7) is 2.88. The molecule has 1 N–H and O–H groups in total. The molecule has 2 rings (SSSR count). The largest absolute Gasteiger partial charge is 0.508 e. The Labute approximate surface area is 88.3 Å². The van der Waals surface area contributed by atoms with Gasteiger partial charge in [-0.25, -0.2) is 0 Å². The SMILES string of the molecule is C=O.ClCC1CO1.Oc1ccccc1. The number of rotatable bonds is 1. The van der Waals surface area contributed by atoms with Gasteiger partial charge >= 0.3 is 0 Å². The van der Waals surface area contributed by atoms with Crippen LogP contribution >= 0.6 is 11.6 Å². The van der Waals surface area contributed by atoms with Crippen molar-refractivity contribution in [3.05, 3.63) is 30.3 Å². The van der Waals surface area contributed by atoms with Crippen LogP contribution in [-0.2, 0) is 9.53 Å². The number of aromatic hydroxyl groups is 1. The lowest BCUT2D eigenvalue weighted by atomic mass is 10.3. The lowest BCUT2D eigenvalue weighted by Gasteiger charge is -1.82. The zero-order valence-electron chi connectivity index (χ0n) is 7.73. The summed E-state index contributed by atoms with van der Waals surface area (Å²) in [5, 5.41) is 8.63. The molecule has 1 unspecified atom stereocenters. The Morgan fingerprint density at radius 3 is 2.07 bits per heavy atom. The molecule has 1 atom stereocenters. The Hall–Kier alpha value is -1.06. The van der Waals surface area contributed by atoms with Gasteiger partial charge in [0.2, 0.25) is 0 Å². The van der Waals surface area contributed by atoms with Crippen LogP contribution in [0.4, 0.5) is 0 Å². The zero-order chi connectivity index (χ0) is 10.8. The molecule has 14 heavy (non-hydrogen) atoms. The summed E-state index contributed by atoms with van der Waals surface area (Å²) in [6.07, 6.45) is 0.400. The van der Waals surface area contributed by atoms with Crippen molar-refractivity contribution >= 4 is 18.4 Å². The third-order valence-electron chi connectivity index (χ3n) is 1.33. The van der Waals surface area contributed by atoms with Gasteiger partial charge in [-0.2, -0.15) is 0 Å². The van der Waals surface area contributed by atoms with E-state index in [-0.39, 0.29) is 0 Å². The molecule has 78 valence electrons. The van der Waals surface area contributed by atoms with E-state index in [1.54, 1.807) is 24.3 Å². The average molecular weight is 217 g/mol. The number of carbonyl (C=O) groups is 1. The molecule has 1 aliphatic rings. The third kappa shape index (κ3) is 7.58. The summed E-state index contributed by atoms with van der Waals surface area (Å²) in [4.78, 5) is 8.00. The number of ether oxygens (including phenoxy) is 1. The Balaban J connectivity index is 0.000000213. The van der Waals surface area contributed by atoms with Crippen molar-refractivity contribution in [2.75, 3.05) is 12.5 Å². The number of carbonyl (C=O) groups excluding carboxylic acids is 1. The Morgan fingerprint density at radius 2 is 1.93 bits per heavy atom. The molecule has 0 radical (unpaired) electrons. The zero-order valence-corrected chi connectivity index (χ0v) is 8.48. The smallest absolute Gasteiger partial charge is 0.115 e. The highest BCUT2D eigenvalue weighted by molar-refractivity contribution is 6.18. The minimum Gasteiger partial charge on any atom is -0.508 e. The second-order valence-corrected chi connectivity index (χ2v) is 2.75. The molecular formula is C10H13ClO3. The quantitative estimate of drug-likeness (QED) is 0.576. The standard InChI is InChI=1S/C6H6O.C3H5ClO.CH2O/c7-6-4-2-1-3-5-6;4-1-3-2-5-3;1-2/h1-5,7H;3H,1-2H2;1H2. The first-order valence-corrected chi connectivity index (χ1v) is 4.57. The van der Waals surface area contributed by atoms with E-state index in [9.17, 15) is 0 Å². The summed E-state index contributed by atoms with van der Waals surface area (Å²) in [5.41, 5.74) is 0. The molecule has 1 aromatic carbocycles. The first kappa shape index (κ1) is 12.9. The van der Waals surface area contributed by atoms with E-state index in [0.717, 1.165) is 6.61 Å². The van der Waals surface area contributed by atoms with Crippen molar-refractivity contribution < 1.29 is 14.6 Å². The Bertz CT molecular complexity index is 224. The van der Waals surface area contributed by atoms with Crippen LogP contribution in [0.2, 0.25) is 0 Å². The van der Waals surface area contributed by atoms with Gasteiger partial charge in [-0.3, -0.25) is 0 Å². The fourth-order valence-electron chi connectivity index (χ4n) is 0.585. The Morgan fingerprint density at radius 1 is 1.43 bits per heavy atom. The van der Waals surface area contributed by atoms with E-state index in [1.165, 1.54) is 0 Å². The molecule has 1 saturated heterocycles. The van der Waals surface area contributed by atoms with Gasteiger partial charge < -0.3 is 14.6 Å². The molecule has 0 bridgehead atoms. The summed E-state index contributed by atoms with van der Waals surface area (Å²) in [6, 6.07) is 8.71. The number of para-hydroxylation sites is 1. The van der Waals surface area contributed by atoms with Crippen LogP contribution in [0.25, 0.3) is 0 Å². The Kier molecular flexibility index (Phi) is 7.89. The lowest BCUT2D eigenvalue weighted by molar-refractivity contribution is -0.0979. The second-order valence-electron chi connectivity index (χ2n) is 2.45. The highest BCUT2D eigenvalue weighted by atomic mass is 35.5. The van der Waals surface area contributed by atoms with Crippen molar-refractivity contribution in [2.45, 2.75) is 6.10 Å². The minimum absolute atomic E-state index is 0.322. The van der Waals surface area contributed by atoms with Crippen molar-refractivity contribution in [2.24, 2.45) is 0 Å². The number of phenolic OH excluding ortho intramolecular Hbond substituents is 1. The van der Waals surface area contributed by atoms with Crippen LogP contribution in [0.15, 0.2) is 30.3 Å². The molecule has 0 saturated carbocycles. The summed E-state index contributed by atoms with van der Waals surface area (Å²) < 4.78 is 4.73. The maximum Gasteiger partial charge on any atom is 0.115 e. The van der Waals surface area contributed by atoms with Gasteiger partial charge in [0.1, 0.15) is 12.5 Å². The topological polar surface area (TPSA) is 49.8 Å². The normalized spacial score (nSPS) is 16.8. The average Bonchev–Trinajstić information content (AvgIpc) is 3.06. The van der Waals surface area contributed by atoms with Crippen molar-refractivity contribution in [3.8, 4) is 5.75 Å². The lowest BCUT2D eigenvalue weighted by Crippen LogP contribution is -1.80. The summed E-state index contributed by atoms with van der Waals surface area (Å²) >= 11 is 5.27. The maximum absolute atomic E-state index is 8.63. The van der Waals surface area contributed by atoms with E-state index in [2.05, 4.69) is 0 Å². The van der Waals surface area contributed by atoms with Crippen LogP contribution in [0.3, 0.4) is 0 Å². The number of benzene rings is 1. The van der Waals surface area contributed by atoms with Gasteiger partial charge in [0.15, 0.2) is 0 Å². The molecule has 1 aromatic rings. The summed E-state index contributed by atoms with van der Waals surface area (Å²) in [7, 11) is 0. The third-order valence-corrected chi connectivity index (χ3v) is 1.67. The van der Waals surface area contributed by atoms with Gasteiger partial charge in [-0.1, -0.05) is 18.2 Å². The fraction of sp³-hybridized carbons (Fsp3) is 0.300. The first-order chi connectivity index (χ1) is 6.83. The molecule has 4 heteroatoms. The molecule has 3 nitrogen and oxygen atoms in total. The van der Waals surface area contributed by atoms with Gasteiger partial charge in [-0.15, -0.1) is 11.6 Å². The number of hydrogen-bond acceptors (Lipinski definition) is 3. The van der Waals surface area contributed by atoms with Crippen LogP contribution in [0.1, 0.15) is 0 Å². The molecule has 1 fully saturated rings. The van der Waals surface area contributed by atoms with Crippen molar-refractivity contribution in [3.63, 3.8) is 0 Å². The van der Waals surface area contributed by atoms with Crippen LogP contribution in [-0.4, -0.2) is 30.5 Å². The van der Waals surface area contributed by atoms with Gasteiger partial charge in [0, 0.05) is 0 Å². The predicted octanol–water partition coefficient (Wildman–Crippen LogP) is 1.83. The molecule has 0 amide bonds. The summed E-state index contributed by atoms with van der Waals surface area (Å²) in [5.74, 6) is 0.988. The van der Waals surface area contributed by atoms with E-state index in [4.69, 9.17) is 26.2 Å². The van der Waals surface area contributed by atoms with Gasteiger partial charge in [0.25, 0.3) is 0 Å². The molecule has 0 aliphatic carbocycles. The number of halogens is 1. The second kappa shape index (κ2) is 8.53. The van der Waals surface area contributed by atoms with Crippen LogP contribution < -0.4 is 0 Å². The monoisotopic (exact) mass is 216 g/mol. The van der Waals surface area contributed by atoms with Crippen LogP contribution in [0.5, 0.6) is 5.75 Å². The predicted molar refractivity (Wildman–Crippen MR) is 55.7 cm³/mol. The van der Waals surface area contributed by atoms with E-state index in [1.807, 2.05) is 12.9 Å². The van der Waals surface area contributed by atoms with E-state index >= 15 is 0 Å². The van der Waals surface area contributed by atoms with Gasteiger partial charge in [-0.05, 0) is 12.1 Å². The highest BCUT2D eigenvalue weighted by Gasteiger charge is 2.19. The number of hydrogen-bond donors (Lipinski definition) is 1. The molecule has 1 aliphatic heterocycles. The molecule has 0 aromatic heterocycles. The fourth-order valence-corrected chi connectivity index (χ4v) is 0.763. The number of alkyl halides is 1. The van der Waals surface area contributed by atoms with Crippen molar-refractivity contribution in [1.82, 2.24) is 0 Å². The van der Waals surface area contributed by atoms with Crippen molar-refractivity contribution in [1.29, 1.82) is 0 Å². The van der Waals surface area contributed by atoms with E-state index in [0.29, 0.717) is 17.7 Å². The molecule has 1 heterocycles. The van der Waals surface area contributed by atoms with E-state index < -0.39 is 0 Å². The highest BCUT2D eigenvalue weighted by Crippen LogP contribution is 2.08. The first-order valence-electron chi connectivity index (χ1n) is 4.03. The molecular weight excluding hydrogens is 204 g/mol. The van der Waals surface area contributed by atoms with Gasteiger partial charge in [0.05, 0.1) is 18.6 Å². The number of phenols is 1. The maximum atomic E-state index is 8.63. The number of epoxide rings is 1. The van der Waals surface area contributed by atoms with Crippen LogP contribution in [0, 0.1) is 0 Å². The minimum atomic E-state index is 0.322.